The minimum atomic E-state index is 0.135. The van der Waals surface area contributed by atoms with Crippen molar-refractivity contribution in [2.24, 2.45) is 21.7 Å². The molecule has 0 spiro atoms. The fourth-order valence-electron chi connectivity index (χ4n) is 3.00. The number of rotatable bonds is 15. The standard InChI is InChI=1S/C24H32N6O2S2/c25-23(33)29-27-17-19-9-7-11-21(15-19)31-13-5-3-1-2-4-6-14-32-22-12-8-10-20(16-22)18-28-30-24(26)34/h7-12,15-18H,1-6,13-14H2,(H3,25,29,33)(H3,26,30,34)/b27-17+,28-18+. The molecule has 0 aromatic heterocycles. The van der Waals surface area contributed by atoms with E-state index in [4.69, 9.17) is 45.4 Å². The molecule has 0 heterocycles. The van der Waals surface area contributed by atoms with Crippen molar-refractivity contribution in [2.45, 2.75) is 38.5 Å². The Morgan fingerprint density at radius 2 is 1.12 bits per heavy atom. The summed E-state index contributed by atoms with van der Waals surface area (Å²) in [6.07, 6.45) is 10.00. The van der Waals surface area contributed by atoms with Crippen molar-refractivity contribution in [1.82, 2.24) is 10.9 Å². The van der Waals surface area contributed by atoms with Crippen LogP contribution in [0.5, 0.6) is 11.5 Å². The van der Waals surface area contributed by atoms with Crippen molar-refractivity contribution in [3.05, 3.63) is 59.7 Å². The van der Waals surface area contributed by atoms with Crippen LogP contribution in [0.25, 0.3) is 0 Å². The van der Waals surface area contributed by atoms with Gasteiger partial charge in [-0.25, -0.2) is 0 Å². The molecule has 182 valence electrons. The molecule has 0 aliphatic carbocycles. The highest BCUT2D eigenvalue weighted by Crippen LogP contribution is 2.15. The summed E-state index contributed by atoms with van der Waals surface area (Å²) in [5, 5.41) is 8.17. The van der Waals surface area contributed by atoms with Crippen molar-refractivity contribution >= 4 is 47.1 Å². The first-order valence-corrected chi connectivity index (χ1v) is 12.0. The molecule has 0 aliphatic rings. The van der Waals surface area contributed by atoms with Crippen LogP contribution in [-0.2, 0) is 0 Å². The molecule has 0 saturated carbocycles. The molecule has 2 aromatic carbocycles. The summed E-state index contributed by atoms with van der Waals surface area (Å²) in [6, 6.07) is 15.5. The Kier molecular flexibility index (Phi) is 13.0. The number of nitrogens with two attached hydrogens (primary N) is 2. The normalized spacial score (nSPS) is 10.9. The molecule has 2 rings (SSSR count). The van der Waals surface area contributed by atoms with Crippen LogP contribution in [0.15, 0.2) is 58.7 Å². The highest BCUT2D eigenvalue weighted by molar-refractivity contribution is 7.80. The third-order valence-electron chi connectivity index (χ3n) is 4.57. The molecule has 0 saturated heterocycles. The SMILES string of the molecule is NC(=S)N/N=C/c1cccc(OCCCCCCCCOc2cccc(/C=N/NC(N)=S)c2)c1. The van der Waals surface area contributed by atoms with E-state index in [-0.39, 0.29) is 10.2 Å². The summed E-state index contributed by atoms with van der Waals surface area (Å²) in [5.41, 5.74) is 17.6. The summed E-state index contributed by atoms with van der Waals surface area (Å²) in [7, 11) is 0. The Balaban J connectivity index is 1.51. The lowest BCUT2D eigenvalue weighted by atomic mass is 10.1. The average molecular weight is 501 g/mol. The van der Waals surface area contributed by atoms with Crippen LogP contribution >= 0.6 is 24.4 Å². The van der Waals surface area contributed by atoms with E-state index in [0.29, 0.717) is 13.2 Å². The van der Waals surface area contributed by atoms with Gasteiger partial charge >= 0.3 is 0 Å². The maximum Gasteiger partial charge on any atom is 0.184 e. The Morgan fingerprint density at radius 3 is 1.53 bits per heavy atom. The van der Waals surface area contributed by atoms with Gasteiger partial charge in [0, 0.05) is 0 Å². The van der Waals surface area contributed by atoms with E-state index >= 15 is 0 Å². The minimum absolute atomic E-state index is 0.135. The number of nitrogens with one attached hydrogen (secondary N) is 2. The molecule has 0 bridgehead atoms. The summed E-state index contributed by atoms with van der Waals surface area (Å²) in [6.45, 7) is 1.39. The van der Waals surface area contributed by atoms with Crippen LogP contribution in [0.1, 0.15) is 49.7 Å². The van der Waals surface area contributed by atoms with E-state index in [1.165, 1.54) is 12.8 Å². The van der Waals surface area contributed by atoms with Gasteiger partial charge in [-0.05, 0) is 72.7 Å². The molecule has 0 aliphatic heterocycles. The second-order valence-corrected chi connectivity index (χ2v) is 8.31. The molecular weight excluding hydrogens is 468 g/mol. The number of nitrogens with zero attached hydrogens (tertiary/aromatic N) is 2. The monoisotopic (exact) mass is 500 g/mol. The molecule has 0 unspecified atom stereocenters. The maximum atomic E-state index is 5.84. The first kappa shape index (κ1) is 27.0. The number of hydrazone groups is 2. The second-order valence-electron chi connectivity index (χ2n) is 7.43. The van der Waals surface area contributed by atoms with E-state index in [0.717, 1.165) is 48.3 Å². The minimum Gasteiger partial charge on any atom is -0.494 e. The first-order chi connectivity index (χ1) is 16.5. The van der Waals surface area contributed by atoms with Crippen molar-refractivity contribution in [2.75, 3.05) is 13.2 Å². The number of hydrogen-bond donors (Lipinski definition) is 4. The molecular formula is C24H32N6O2S2. The first-order valence-electron chi connectivity index (χ1n) is 11.2. The van der Waals surface area contributed by atoms with Gasteiger partial charge in [0.05, 0.1) is 25.6 Å². The van der Waals surface area contributed by atoms with E-state index < -0.39 is 0 Å². The van der Waals surface area contributed by atoms with Crippen molar-refractivity contribution < 1.29 is 9.47 Å². The fraction of sp³-hybridized carbons (Fsp3) is 0.333. The lowest BCUT2D eigenvalue weighted by Crippen LogP contribution is -2.23. The van der Waals surface area contributed by atoms with Crippen LogP contribution in [-0.4, -0.2) is 35.9 Å². The van der Waals surface area contributed by atoms with Gasteiger partial charge in [-0.1, -0.05) is 49.9 Å². The van der Waals surface area contributed by atoms with Crippen molar-refractivity contribution in [1.29, 1.82) is 0 Å². The van der Waals surface area contributed by atoms with Gasteiger partial charge in [-0.15, -0.1) is 0 Å². The van der Waals surface area contributed by atoms with Gasteiger partial charge < -0.3 is 20.9 Å². The number of ether oxygens (including phenoxy) is 2. The summed E-state index contributed by atoms with van der Waals surface area (Å²) < 4.78 is 11.7. The Bertz CT molecular complexity index is 890. The summed E-state index contributed by atoms with van der Waals surface area (Å²) >= 11 is 9.42. The molecule has 8 nitrogen and oxygen atoms in total. The van der Waals surface area contributed by atoms with Crippen LogP contribution in [0.3, 0.4) is 0 Å². The van der Waals surface area contributed by atoms with Gasteiger partial charge in [-0.3, -0.25) is 10.9 Å². The third kappa shape index (κ3) is 12.7. The molecule has 10 heteroatoms. The number of benzene rings is 2. The third-order valence-corrected chi connectivity index (χ3v) is 4.75. The molecule has 0 amide bonds. The highest BCUT2D eigenvalue weighted by atomic mass is 32.1. The van der Waals surface area contributed by atoms with E-state index in [9.17, 15) is 0 Å². The smallest absolute Gasteiger partial charge is 0.184 e. The number of hydrogen-bond acceptors (Lipinski definition) is 6. The molecule has 6 N–H and O–H groups in total. The largest absolute Gasteiger partial charge is 0.494 e. The Hall–Kier alpha value is -3.24. The number of unbranched alkanes of at least 4 members (excludes halogenated alkanes) is 5. The Morgan fingerprint density at radius 1 is 0.706 bits per heavy atom. The van der Waals surface area contributed by atoms with Crippen LogP contribution < -0.4 is 31.8 Å². The van der Waals surface area contributed by atoms with Crippen LogP contribution in [0.4, 0.5) is 0 Å². The number of thiocarbonyl (C=S) groups is 2. The van der Waals surface area contributed by atoms with Crippen molar-refractivity contribution in [3.8, 4) is 11.5 Å². The molecule has 34 heavy (non-hydrogen) atoms. The quantitative estimate of drug-likeness (QED) is 0.126. The summed E-state index contributed by atoms with van der Waals surface area (Å²) in [4.78, 5) is 0. The zero-order valence-corrected chi connectivity index (χ0v) is 20.7. The predicted molar refractivity (Wildman–Crippen MR) is 147 cm³/mol. The van der Waals surface area contributed by atoms with E-state index in [1.54, 1.807) is 12.4 Å². The molecule has 2 aromatic rings. The van der Waals surface area contributed by atoms with Gasteiger partial charge in [0.1, 0.15) is 11.5 Å². The molecule has 0 atom stereocenters. The molecule has 0 radical (unpaired) electrons. The van der Waals surface area contributed by atoms with Crippen LogP contribution in [0, 0.1) is 0 Å². The maximum absolute atomic E-state index is 5.84. The van der Waals surface area contributed by atoms with Gasteiger partial charge in [0.15, 0.2) is 10.2 Å². The molecule has 0 fully saturated rings. The predicted octanol–water partition coefficient (Wildman–Crippen LogP) is 3.82. The fourth-order valence-corrected chi connectivity index (χ4v) is 3.11. The van der Waals surface area contributed by atoms with E-state index in [2.05, 4.69) is 21.1 Å². The lowest BCUT2D eigenvalue weighted by molar-refractivity contribution is 0.297. The van der Waals surface area contributed by atoms with Gasteiger partial charge in [0.25, 0.3) is 0 Å². The van der Waals surface area contributed by atoms with Crippen molar-refractivity contribution in [3.63, 3.8) is 0 Å². The highest BCUT2D eigenvalue weighted by Gasteiger charge is 1.98. The zero-order chi connectivity index (χ0) is 24.4. The average Bonchev–Trinajstić information content (AvgIpc) is 2.80. The Labute approximate surface area is 211 Å². The lowest BCUT2D eigenvalue weighted by Gasteiger charge is -2.08. The second kappa shape index (κ2) is 16.4. The van der Waals surface area contributed by atoms with Gasteiger partial charge in [-0.2, -0.15) is 10.2 Å². The van der Waals surface area contributed by atoms with E-state index in [1.807, 2.05) is 48.5 Å². The zero-order valence-electron chi connectivity index (χ0n) is 19.1. The van der Waals surface area contributed by atoms with Gasteiger partial charge in [0.2, 0.25) is 0 Å². The summed E-state index contributed by atoms with van der Waals surface area (Å²) in [5.74, 6) is 1.65. The topological polar surface area (TPSA) is 119 Å². The van der Waals surface area contributed by atoms with Crippen LogP contribution in [0.2, 0.25) is 0 Å².